The van der Waals surface area contributed by atoms with Gasteiger partial charge in [0.15, 0.2) is 0 Å². The zero-order chi connectivity index (χ0) is 19.1. The maximum Gasteiger partial charge on any atom is 0.243 e. The number of fused-ring (bicyclic) bond motifs is 1. The minimum absolute atomic E-state index is 0.104. The number of hydrogen-bond acceptors (Lipinski definition) is 6. The summed E-state index contributed by atoms with van der Waals surface area (Å²) < 4.78 is 32.6. The molecule has 1 aliphatic heterocycles. The predicted molar refractivity (Wildman–Crippen MR) is 103 cm³/mol. The Bertz CT molecular complexity index is 1250. The summed E-state index contributed by atoms with van der Waals surface area (Å²) in [6.07, 6.45) is 3.33. The zero-order valence-corrected chi connectivity index (χ0v) is 15.6. The van der Waals surface area contributed by atoms with E-state index in [1.165, 1.54) is 4.31 Å². The van der Waals surface area contributed by atoms with E-state index in [1.54, 1.807) is 30.6 Å². The van der Waals surface area contributed by atoms with Crippen molar-refractivity contribution >= 4 is 20.8 Å². The monoisotopic (exact) mass is 392 g/mol. The van der Waals surface area contributed by atoms with E-state index in [9.17, 15) is 8.42 Å². The molecule has 1 fully saturated rings. The van der Waals surface area contributed by atoms with Gasteiger partial charge in [-0.15, -0.1) is 0 Å². The molecule has 1 saturated heterocycles. The third-order valence-electron chi connectivity index (χ3n) is 4.92. The minimum atomic E-state index is -3.55. The van der Waals surface area contributed by atoms with Gasteiger partial charge in [0, 0.05) is 31.0 Å². The lowest BCUT2D eigenvalue weighted by atomic mass is 10.0. The van der Waals surface area contributed by atoms with Crippen LogP contribution < -0.4 is 0 Å². The second-order valence-electron chi connectivity index (χ2n) is 6.73. The third-order valence-corrected chi connectivity index (χ3v) is 6.75. The molecule has 1 aliphatic rings. The predicted octanol–water partition coefficient (Wildman–Crippen LogP) is 3.07. The van der Waals surface area contributed by atoms with Crippen molar-refractivity contribution in [1.29, 1.82) is 0 Å². The second-order valence-corrected chi connectivity index (χ2v) is 8.66. The molecule has 0 bridgehead atoms. The highest BCUT2D eigenvalue weighted by Gasteiger charge is 2.40. The first-order valence-electron chi connectivity index (χ1n) is 8.84. The number of sulfonamides is 1. The summed E-state index contributed by atoms with van der Waals surface area (Å²) >= 11 is 0. The first-order chi connectivity index (χ1) is 13.6. The van der Waals surface area contributed by atoms with E-state index in [4.69, 9.17) is 4.52 Å². The van der Waals surface area contributed by atoms with Crippen molar-refractivity contribution in [3.05, 3.63) is 72.9 Å². The van der Waals surface area contributed by atoms with E-state index in [0.717, 1.165) is 16.3 Å². The van der Waals surface area contributed by atoms with Crippen LogP contribution in [0, 0.1) is 0 Å². The van der Waals surface area contributed by atoms with Gasteiger partial charge in [0.1, 0.15) is 0 Å². The van der Waals surface area contributed by atoms with Crippen LogP contribution in [0.5, 0.6) is 0 Å². The molecule has 0 N–H and O–H groups in total. The van der Waals surface area contributed by atoms with Gasteiger partial charge in [-0.05, 0) is 35.0 Å². The van der Waals surface area contributed by atoms with Gasteiger partial charge in [-0.3, -0.25) is 4.98 Å². The normalized spacial score (nSPS) is 15.6. The maximum atomic E-state index is 12.9. The van der Waals surface area contributed by atoms with Gasteiger partial charge in [0.25, 0.3) is 0 Å². The van der Waals surface area contributed by atoms with E-state index >= 15 is 0 Å². The smallest absolute Gasteiger partial charge is 0.243 e. The molecule has 0 amide bonds. The summed E-state index contributed by atoms with van der Waals surface area (Å²) in [6.45, 7) is 0.646. The molecule has 0 saturated carbocycles. The van der Waals surface area contributed by atoms with Crippen LogP contribution in [0.3, 0.4) is 0 Å². The number of rotatable bonds is 4. The quantitative estimate of drug-likeness (QED) is 0.530. The molecule has 5 rings (SSSR count). The first kappa shape index (κ1) is 17.0. The molecular formula is C20H16N4O3S. The fourth-order valence-electron chi connectivity index (χ4n) is 3.28. The van der Waals surface area contributed by atoms with E-state index in [-0.39, 0.29) is 5.92 Å². The Morgan fingerprint density at radius 1 is 1.00 bits per heavy atom. The van der Waals surface area contributed by atoms with Crippen LogP contribution >= 0.6 is 0 Å². The second kappa shape index (κ2) is 6.50. The highest BCUT2D eigenvalue weighted by atomic mass is 32.2. The van der Waals surface area contributed by atoms with Gasteiger partial charge in [-0.1, -0.05) is 35.5 Å². The highest BCUT2D eigenvalue weighted by Crippen LogP contribution is 2.32. The van der Waals surface area contributed by atoms with Gasteiger partial charge in [-0.25, -0.2) is 8.42 Å². The first-order valence-corrected chi connectivity index (χ1v) is 10.3. The van der Waals surface area contributed by atoms with Crippen LogP contribution in [0.15, 0.2) is 76.4 Å². The number of aromatic nitrogens is 3. The maximum absolute atomic E-state index is 12.9. The molecule has 7 nitrogen and oxygen atoms in total. The number of nitrogens with zero attached hydrogens (tertiary/aromatic N) is 4. The SMILES string of the molecule is O=S(=O)(c1ccc2ccccc2c1)N1CC(c2nc(-c3cccnc3)no2)C1. The summed E-state index contributed by atoms with van der Waals surface area (Å²) in [5.41, 5.74) is 0.762. The Labute approximate surface area is 161 Å². The van der Waals surface area contributed by atoms with Gasteiger partial charge < -0.3 is 4.52 Å². The van der Waals surface area contributed by atoms with Crippen molar-refractivity contribution in [2.75, 3.05) is 13.1 Å². The van der Waals surface area contributed by atoms with Gasteiger partial charge in [0.05, 0.1) is 10.8 Å². The lowest BCUT2D eigenvalue weighted by Crippen LogP contribution is -2.48. The summed E-state index contributed by atoms with van der Waals surface area (Å²) in [4.78, 5) is 8.73. The number of hydrogen-bond donors (Lipinski definition) is 0. The van der Waals surface area contributed by atoms with Crippen LogP contribution in [0.1, 0.15) is 11.8 Å². The molecule has 0 unspecified atom stereocenters. The third kappa shape index (κ3) is 2.87. The molecule has 0 spiro atoms. The Balaban J connectivity index is 1.34. The van der Waals surface area contributed by atoms with E-state index in [2.05, 4.69) is 15.1 Å². The van der Waals surface area contributed by atoms with Crippen LogP contribution in [-0.2, 0) is 10.0 Å². The molecule has 0 radical (unpaired) electrons. The van der Waals surface area contributed by atoms with E-state index in [0.29, 0.717) is 29.7 Å². The van der Waals surface area contributed by atoms with Crippen molar-refractivity contribution in [2.45, 2.75) is 10.8 Å². The summed E-state index contributed by atoms with van der Waals surface area (Å²) in [6, 6.07) is 16.5. The van der Waals surface area contributed by atoms with Crippen molar-refractivity contribution in [2.24, 2.45) is 0 Å². The molecule has 140 valence electrons. The van der Waals surface area contributed by atoms with Crippen LogP contribution in [0.2, 0.25) is 0 Å². The molecule has 2 aromatic heterocycles. The van der Waals surface area contributed by atoms with E-state index in [1.807, 2.05) is 36.4 Å². The molecule has 0 aliphatic carbocycles. The molecule has 4 aromatic rings. The van der Waals surface area contributed by atoms with Crippen molar-refractivity contribution in [3.8, 4) is 11.4 Å². The Kier molecular flexibility index (Phi) is 3.96. The largest absolute Gasteiger partial charge is 0.339 e. The average Bonchev–Trinajstić information content (AvgIpc) is 3.16. The molecule has 0 atom stereocenters. The standard InChI is InChI=1S/C20H16N4O3S/c25-28(26,18-8-7-14-4-1-2-5-15(14)10-18)24-12-17(13-24)20-22-19(23-27-20)16-6-3-9-21-11-16/h1-11,17H,12-13H2. The van der Waals surface area contributed by atoms with Gasteiger partial charge in [0.2, 0.25) is 21.7 Å². The van der Waals surface area contributed by atoms with Crippen molar-refractivity contribution < 1.29 is 12.9 Å². The fourth-order valence-corrected chi connectivity index (χ4v) is 4.85. The Morgan fingerprint density at radius 2 is 1.82 bits per heavy atom. The number of pyridine rings is 1. The summed E-state index contributed by atoms with van der Waals surface area (Å²) in [7, 11) is -3.55. The van der Waals surface area contributed by atoms with Crippen molar-refractivity contribution in [1.82, 2.24) is 19.4 Å². The molecule has 2 aromatic carbocycles. The van der Waals surface area contributed by atoms with Crippen LogP contribution in [0.25, 0.3) is 22.2 Å². The topological polar surface area (TPSA) is 89.2 Å². The molecule has 8 heteroatoms. The molecular weight excluding hydrogens is 376 g/mol. The summed E-state index contributed by atoms with van der Waals surface area (Å²) in [5.74, 6) is 0.802. The van der Waals surface area contributed by atoms with Crippen LogP contribution in [0.4, 0.5) is 0 Å². The Morgan fingerprint density at radius 3 is 2.61 bits per heavy atom. The molecule has 3 heterocycles. The molecule has 28 heavy (non-hydrogen) atoms. The fraction of sp³-hybridized carbons (Fsp3) is 0.150. The van der Waals surface area contributed by atoms with Gasteiger partial charge >= 0.3 is 0 Å². The Hall–Kier alpha value is -3.10. The summed E-state index contributed by atoms with van der Waals surface area (Å²) in [5, 5.41) is 5.89. The highest BCUT2D eigenvalue weighted by molar-refractivity contribution is 7.89. The van der Waals surface area contributed by atoms with Gasteiger partial charge in [-0.2, -0.15) is 9.29 Å². The minimum Gasteiger partial charge on any atom is -0.339 e. The van der Waals surface area contributed by atoms with E-state index < -0.39 is 10.0 Å². The lowest BCUT2D eigenvalue weighted by molar-refractivity contribution is 0.217. The van der Waals surface area contributed by atoms with Crippen molar-refractivity contribution in [3.63, 3.8) is 0 Å². The lowest BCUT2D eigenvalue weighted by Gasteiger charge is -2.35. The number of benzene rings is 2. The zero-order valence-electron chi connectivity index (χ0n) is 14.8. The average molecular weight is 392 g/mol. The van der Waals surface area contributed by atoms with Crippen LogP contribution in [-0.4, -0.2) is 40.9 Å².